The molecule has 1 saturated heterocycles. The Balaban J connectivity index is 1.72. The highest BCUT2D eigenvalue weighted by Gasteiger charge is 2.33. The van der Waals surface area contributed by atoms with Crippen LogP contribution >= 0.6 is 0 Å². The molecule has 0 bridgehead atoms. The molecule has 3 nitrogen and oxygen atoms in total. The van der Waals surface area contributed by atoms with Gasteiger partial charge in [-0.3, -0.25) is 4.79 Å². The topological polar surface area (TPSA) is 40.5 Å². The van der Waals surface area contributed by atoms with E-state index in [4.69, 9.17) is 0 Å². The number of aryl methyl sites for hydroxylation is 1. The number of carbonyl (C=O) groups excluding carboxylic acids is 1. The zero-order valence-electron chi connectivity index (χ0n) is 13.5. The van der Waals surface area contributed by atoms with Crippen LogP contribution in [0.3, 0.4) is 0 Å². The number of aliphatic hydroxyl groups is 1. The molecular formula is C19H27NO2. The monoisotopic (exact) mass is 301 g/mol. The Kier molecular flexibility index (Phi) is 4.82. The van der Waals surface area contributed by atoms with Gasteiger partial charge in [0.1, 0.15) is 0 Å². The number of carbonyl (C=O) groups is 1. The standard InChI is InChI=1S/C19H27NO2/c1-14-6-5-11-20(18(14)13-21)19(22)12-16-9-4-8-15-7-2-3-10-17(15)16/h2-3,7,10,14,16,18,21H,4-6,8-9,11-13H2,1H3. The van der Waals surface area contributed by atoms with Crippen molar-refractivity contribution in [3.63, 3.8) is 0 Å². The van der Waals surface area contributed by atoms with Gasteiger partial charge in [-0.2, -0.15) is 0 Å². The molecule has 0 spiro atoms. The van der Waals surface area contributed by atoms with E-state index in [1.54, 1.807) is 0 Å². The van der Waals surface area contributed by atoms with Crippen molar-refractivity contribution in [2.45, 2.75) is 57.4 Å². The summed E-state index contributed by atoms with van der Waals surface area (Å²) < 4.78 is 0. The summed E-state index contributed by atoms with van der Waals surface area (Å²) in [6.45, 7) is 3.05. The van der Waals surface area contributed by atoms with Gasteiger partial charge in [0, 0.05) is 13.0 Å². The summed E-state index contributed by atoms with van der Waals surface area (Å²) in [5.74, 6) is 0.989. The lowest BCUT2D eigenvalue weighted by atomic mass is 9.80. The lowest BCUT2D eigenvalue weighted by Gasteiger charge is -2.40. The summed E-state index contributed by atoms with van der Waals surface area (Å²) >= 11 is 0. The van der Waals surface area contributed by atoms with Crippen molar-refractivity contribution in [1.29, 1.82) is 0 Å². The fourth-order valence-corrected chi connectivity index (χ4v) is 4.23. The molecule has 0 aromatic heterocycles. The summed E-state index contributed by atoms with van der Waals surface area (Å²) in [7, 11) is 0. The van der Waals surface area contributed by atoms with Crippen LogP contribution in [0.15, 0.2) is 24.3 Å². The second-order valence-electron chi connectivity index (χ2n) is 6.95. The fraction of sp³-hybridized carbons (Fsp3) is 0.632. The van der Waals surface area contributed by atoms with Crippen LogP contribution in [0.4, 0.5) is 0 Å². The van der Waals surface area contributed by atoms with Crippen molar-refractivity contribution < 1.29 is 9.90 Å². The van der Waals surface area contributed by atoms with Gasteiger partial charge in [0.2, 0.25) is 5.91 Å². The molecule has 22 heavy (non-hydrogen) atoms. The predicted molar refractivity (Wildman–Crippen MR) is 87.7 cm³/mol. The Morgan fingerprint density at radius 3 is 2.91 bits per heavy atom. The molecule has 0 radical (unpaired) electrons. The third-order valence-corrected chi connectivity index (χ3v) is 5.54. The van der Waals surface area contributed by atoms with Crippen molar-refractivity contribution in [3.8, 4) is 0 Å². The van der Waals surface area contributed by atoms with E-state index in [0.717, 1.165) is 32.2 Å². The second-order valence-corrected chi connectivity index (χ2v) is 6.95. The van der Waals surface area contributed by atoms with Gasteiger partial charge in [-0.15, -0.1) is 0 Å². The molecule has 3 atom stereocenters. The molecule has 3 unspecified atom stereocenters. The van der Waals surface area contributed by atoms with Crippen LogP contribution in [0, 0.1) is 5.92 Å². The van der Waals surface area contributed by atoms with Gasteiger partial charge in [0.05, 0.1) is 12.6 Å². The summed E-state index contributed by atoms with van der Waals surface area (Å²) in [5.41, 5.74) is 2.78. The van der Waals surface area contributed by atoms with Crippen LogP contribution < -0.4 is 0 Å². The number of likely N-dealkylation sites (tertiary alicyclic amines) is 1. The smallest absolute Gasteiger partial charge is 0.223 e. The molecule has 1 fully saturated rings. The molecule has 3 heteroatoms. The third kappa shape index (κ3) is 3.05. The average Bonchev–Trinajstić information content (AvgIpc) is 2.55. The summed E-state index contributed by atoms with van der Waals surface area (Å²) in [4.78, 5) is 14.8. The maximum atomic E-state index is 12.8. The zero-order valence-corrected chi connectivity index (χ0v) is 13.5. The first kappa shape index (κ1) is 15.5. The highest BCUT2D eigenvalue weighted by molar-refractivity contribution is 5.77. The van der Waals surface area contributed by atoms with E-state index in [1.165, 1.54) is 17.5 Å². The number of nitrogens with zero attached hydrogens (tertiary/aromatic N) is 1. The van der Waals surface area contributed by atoms with Crippen molar-refractivity contribution in [2.75, 3.05) is 13.2 Å². The minimum atomic E-state index is 0.0140. The summed E-state index contributed by atoms with van der Waals surface area (Å²) in [6, 6.07) is 8.58. The van der Waals surface area contributed by atoms with Crippen molar-refractivity contribution in [1.82, 2.24) is 4.90 Å². The summed E-state index contributed by atoms with van der Waals surface area (Å²) in [5, 5.41) is 9.65. The van der Waals surface area contributed by atoms with Gasteiger partial charge < -0.3 is 10.0 Å². The molecule has 3 rings (SSSR count). The van der Waals surface area contributed by atoms with E-state index in [-0.39, 0.29) is 18.6 Å². The van der Waals surface area contributed by atoms with Gasteiger partial charge in [0.25, 0.3) is 0 Å². The van der Waals surface area contributed by atoms with E-state index in [9.17, 15) is 9.90 Å². The number of benzene rings is 1. The number of rotatable bonds is 3. The van der Waals surface area contributed by atoms with E-state index in [0.29, 0.717) is 18.3 Å². The van der Waals surface area contributed by atoms with Crippen LogP contribution in [0.5, 0.6) is 0 Å². The molecule has 1 aromatic rings. The van der Waals surface area contributed by atoms with Crippen molar-refractivity contribution >= 4 is 5.91 Å². The fourth-order valence-electron chi connectivity index (χ4n) is 4.23. The molecular weight excluding hydrogens is 274 g/mol. The lowest BCUT2D eigenvalue weighted by Crippen LogP contribution is -2.50. The minimum Gasteiger partial charge on any atom is -0.394 e. The third-order valence-electron chi connectivity index (χ3n) is 5.54. The molecule has 1 amide bonds. The minimum absolute atomic E-state index is 0.0140. The molecule has 1 aliphatic heterocycles. The van der Waals surface area contributed by atoms with Crippen LogP contribution in [0.2, 0.25) is 0 Å². The number of amides is 1. The quantitative estimate of drug-likeness (QED) is 0.932. The van der Waals surface area contributed by atoms with Gasteiger partial charge in [-0.05, 0) is 55.1 Å². The molecule has 0 saturated carbocycles. The maximum absolute atomic E-state index is 12.8. The number of fused-ring (bicyclic) bond motifs is 1. The maximum Gasteiger partial charge on any atom is 0.223 e. The van der Waals surface area contributed by atoms with E-state index < -0.39 is 0 Å². The first-order valence-electron chi connectivity index (χ1n) is 8.69. The second kappa shape index (κ2) is 6.82. The molecule has 120 valence electrons. The Labute approximate surface area is 133 Å². The molecule has 2 aliphatic rings. The average molecular weight is 301 g/mol. The number of piperidine rings is 1. The number of aliphatic hydroxyl groups excluding tert-OH is 1. The molecule has 1 N–H and O–H groups in total. The Morgan fingerprint density at radius 2 is 2.09 bits per heavy atom. The number of hydrogen-bond donors (Lipinski definition) is 1. The van der Waals surface area contributed by atoms with Crippen LogP contribution in [0.25, 0.3) is 0 Å². The van der Waals surface area contributed by atoms with E-state index in [1.807, 2.05) is 4.90 Å². The highest BCUT2D eigenvalue weighted by atomic mass is 16.3. The van der Waals surface area contributed by atoms with Crippen LogP contribution in [-0.4, -0.2) is 35.1 Å². The van der Waals surface area contributed by atoms with Gasteiger partial charge in [-0.25, -0.2) is 0 Å². The Hall–Kier alpha value is -1.35. The Morgan fingerprint density at radius 1 is 1.27 bits per heavy atom. The zero-order chi connectivity index (χ0) is 15.5. The molecule has 1 aliphatic carbocycles. The predicted octanol–water partition coefficient (Wildman–Crippen LogP) is 3.12. The van der Waals surface area contributed by atoms with Gasteiger partial charge >= 0.3 is 0 Å². The first-order valence-corrected chi connectivity index (χ1v) is 8.69. The van der Waals surface area contributed by atoms with Gasteiger partial charge in [-0.1, -0.05) is 31.2 Å². The SMILES string of the molecule is CC1CCCN(C(=O)CC2CCCc3ccccc32)C1CO. The van der Waals surface area contributed by atoms with E-state index >= 15 is 0 Å². The van der Waals surface area contributed by atoms with Crippen molar-refractivity contribution in [3.05, 3.63) is 35.4 Å². The lowest BCUT2D eigenvalue weighted by molar-refractivity contribution is -0.138. The largest absolute Gasteiger partial charge is 0.394 e. The molecule has 1 heterocycles. The first-order chi connectivity index (χ1) is 10.7. The highest BCUT2D eigenvalue weighted by Crippen LogP contribution is 2.35. The van der Waals surface area contributed by atoms with Crippen LogP contribution in [0.1, 0.15) is 56.1 Å². The summed E-state index contributed by atoms with van der Waals surface area (Å²) in [6.07, 6.45) is 6.19. The van der Waals surface area contributed by atoms with Gasteiger partial charge in [0.15, 0.2) is 0 Å². The van der Waals surface area contributed by atoms with E-state index in [2.05, 4.69) is 31.2 Å². The number of hydrogen-bond acceptors (Lipinski definition) is 2. The van der Waals surface area contributed by atoms with Crippen molar-refractivity contribution in [2.24, 2.45) is 5.92 Å². The Bertz CT molecular complexity index is 528. The molecule has 1 aromatic carbocycles. The normalized spacial score (nSPS) is 28.3. The van der Waals surface area contributed by atoms with Crippen LogP contribution in [-0.2, 0) is 11.2 Å².